The molecule has 0 radical (unpaired) electrons. The number of nitrogens with one attached hydrogen (secondary N) is 1. The minimum Gasteiger partial charge on any atom is -0.304 e. The van der Waals surface area contributed by atoms with Crippen molar-refractivity contribution in [1.82, 2.24) is 15.1 Å². The number of aromatic nitrogens is 2. The van der Waals surface area contributed by atoms with Crippen LogP contribution >= 0.6 is 27.3 Å². The van der Waals surface area contributed by atoms with Crippen LogP contribution < -0.4 is 5.32 Å². The lowest BCUT2D eigenvalue weighted by molar-refractivity contribution is 0.532. The first kappa shape index (κ1) is 11.8. The van der Waals surface area contributed by atoms with Crippen molar-refractivity contribution in [3.05, 3.63) is 38.8 Å². The average molecular weight is 300 g/mol. The third kappa shape index (κ3) is 2.72. The van der Waals surface area contributed by atoms with Crippen LogP contribution in [0.4, 0.5) is 0 Å². The average Bonchev–Trinajstić information content (AvgIpc) is 2.84. The van der Waals surface area contributed by atoms with Crippen LogP contribution in [0, 0.1) is 0 Å². The zero-order valence-corrected chi connectivity index (χ0v) is 11.7. The highest BCUT2D eigenvalue weighted by Gasteiger charge is 2.08. The fraction of sp³-hybridized carbons (Fsp3) is 0.364. The van der Waals surface area contributed by atoms with Gasteiger partial charge < -0.3 is 5.32 Å². The summed E-state index contributed by atoms with van der Waals surface area (Å²) in [6.07, 6.45) is 1.83. The molecular formula is C11H14BrN3S. The summed E-state index contributed by atoms with van der Waals surface area (Å²) in [5.41, 5.74) is 1.20. The molecule has 16 heavy (non-hydrogen) atoms. The Morgan fingerprint density at radius 2 is 2.31 bits per heavy atom. The van der Waals surface area contributed by atoms with E-state index in [-0.39, 0.29) is 0 Å². The SMILES string of the molecule is CC(NCc1ccc(Br)s1)c1ccnn1C. The first-order valence-electron chi connectivity index (χ1n) is 5.12. The van der Waals surface area contributed by atoms with Crippen molar-refractivity contribution in [2.75, 3.05) is 0 Å². The number of thiophene rings is 1. The molecule has 0 saturated heterocycles. The summed E-state index contributed by atoms with van der Waals surface area (Å²) in [7, 11) is 1.97. The number of halogens is 1. The van der Waals surface area contributed by atoms with Gasteiger partial charge in [0.2, 0.25) is 0 Å². The Labute approximate surface area is 108 Å². The molecule has 0 aliphatic carbocycles. The van der Waals surface area contributed by atoms with Crippen LogP contribution in [0.5, 0.6) is 0 Å². The summed E-state index contributed by atoms with van der Waals surface area (Å²) in [6, 6.07) is 6.57. The van der Waals surface area contributed by atoms with Gasteiger partial charge in [0.25, 0.3) is 0 Å². The molecule has 0 aliphatic rings. The summed E-state index contributed by atoms with van der Waals surface area (Å²) in [5, 5.41) is 7.65. The Morgan fingerprint density at radius 3 is 2.88 bits per heavy atom. The number of hydrogen-bond donors (Lipinski definition) is 1. The van der Waals surface area contributed by atoms with Crippen LogP contribution in [-0.4, -0.2) is 9.78 Å². The molecule has 0 bridgehead atoms. The van der Waals surface area contributed by atoms with E-state index in [1.54, 1.807) is 11.3 Å². The first-order chi connectivity index (χ1) is 7.66. The monoisotopic (exact) mass is 299 g/mol. The quantitative estimate of drug-likeness (QED) is 0.940. The molecule has 0 aliphatic heterocycles. The van der Waals surface area contributed by atoms with Gasteiger partial charge in [-0.15, -0.1) is 11.3 Å². The zero-order chi connectivity index (χ0) is 11.5. The molecule has 2 heterocycles. The van der Waals surface area contributed by atoms with Crippen molar-refractivity contribution in [2.24, 2.45) is 7.05 Å². The highest BCUT2D eigenvalue weighted by atomic mass is 79.9. The van der Waals surface area contributed by atoms with E-state index in [0.29, 0.717) is 6.04 Å². The Morgan fingerprint density at radius 1 is 1.50 bits per heavy atom. The Bertz CT molecular complexity index is 463. The minimum atomic E-state index is 0.313. The second-order valence-electron chi connectivity index (χ2n) is 3.69. The smallest absolute Gasteiger partial charge is 0.0701 e. The van der Waals surface area contributed by atoms with Crippen molar-refractivity contribution < 1.29 is 0 Å². The van der Waals surface area contributed by atoms with Gasteiger partial charge >= 0.3 is 0 Å². The van der Waals surface area contributed by atoms with E-state index in [9.17, 15) is 0 Å². The van der Waals surface area contributed by atoms with Crippen LogP contribution in [0.1, 0.15) is 23.5 Å². The summed E-state index contributed by atoms with van der Waals surface area (Å²) in [5.74, 6) is 0. The van der Waals surface area contributed by atoms with Crippen LogP contribution in [0.3, 0.4) is 0 Å². The van der Waals surface area contributed by atoms with Crippen molar-refractivity contribution in [3.63, 3.8) is 0 Å². The molecule has 1 N–H and O–H groups in total. The van der Waals surface area contributed by atoms with Gasteiger partial charge in [0.1, 0.15) is 0 Å². The Kier molecular flexibility index (Phi) is 3.78. The molecule has 1 atom stereocenters. The van der Waals surface area contributed by atoms with E-state index in [1.165, 1.54) is 14.4 Å². The molecule has 0 amide bonds. The van der Waals surface area contributed by atoms with E-state index in [2.05, 4.69) is 45.4 Å². The fourth-order valence-corrected chi connectivity index (χ4v) is 3.05. The van der Waals surface area contributed by atoms with Gasteiger partial charge in [0.15, 0.2) is 0 Å². The fourth-order valence-electron chi connectivity index (χ4n) is 1.61. The van der Waals surface area contributed by atoms with Crippen LogP contribution in [-0.2, 0) is 13.6 Å². The Hall–Kier alpha value is -0.650. The maximum Gasteiger partial charge on any atom is 0.0701 e. The molecule has 1 unspecified atom stereocenters. The third-order valence-electron chi connectivity index (χ3n) is 2.51. The van der Waals surface area contributed by atoms with Gasteiger partial charge in [-0.3, -0.25) is 4.68 Å². The highest BCUT2D eigenvalue weighted by molar-refractivity contribution is 9.11. The molecule has 2 aromatic heterocycles. The predicted molar refractivity (Wildman–Crippen MR) is 70.5 cm³/mol. The molecule has 0 fully saturated rings. The normalized spacial score (nSPS) is 12.9. The number of aryl methyl sites for hydroxylation is 1. The second kappa shape index (κ2) is 5.12. The third-order valence-corrected chi connectivity index (χ3v) is 4.14. The van der Waals surface area contributed by atoms with Crippen LogP contribution in [0.25, 0.3) is 0 Å². The summed E-state index contributed by atoms with van der Waals surface area (Å²) >= 11 is 5.23. The van der Waals surface area contributed by atoms with E-state index >= 15 is 0 Å². The van der Waals surface area contributed by atoms with Crippen molar-refractivity contribution in [3.8, 4) is 0 Å². The number of nitrogens with zero attached hydrogens (tertiary/aromatic N) is 2. The lowest BCUT2D eigenvalue weighted by Gasteiger charge is -2.13. The largest absolute Gasteiger partial charge is 0.304 e. The molecular weight excluding hydrogens is 286 g/mol. The standard InChI is InChI=1S/C11H14BrN3S/c1-8(10-5-6-14-15(10)2)13-7-9-3-4-11(12)16-9/h3-6,8,13H,7H2,1-2H3. The van der Waals surface area contributed by atoms with Crippen LogP contribution in [0.2, 0.25) is 0 Å². The second-order valence-corrected chi connectivity index (χ2v) is 6.24. The molecule has 0 saturated carbocycles. The highest BCUT2D eigenvalue weighted by Crippen LogP contribution is 2.22. The predicted octanol–water partition coefficient (Wildman–Crippen LogP) is 3.09. The van der Waals surface area contributed by atoms with Gasteiger partial charge in [-0.1, -0.05) is 0 Å². The molecule has 2 rings (SSSR count). The van der Waals surface area contributed by atoms with Gasteiger partial charge in [0.05, 0.1) is 9.48 Å². The van der Waals surface area contributed by atoms with E-state index < -0.39 is 0 Å². The lowest BCUT2D eigenvalue weighted by Crippen LogP contribution is -2.19. The van der Waals surface area contributed by atoms with Gasteiger partial charge in [-0.2, -0.15) is 5.10 Å². The first-order valence-corrected chi connectivity index (χ1v) is 6.73. The summed E-state index contributed by atoms with van der Waals surface area (Å²) in [4.78, 5) is 1.33. The van der Waals surface area contributed by atoms with Crippen molar-refractivity contribution in [1.29, 1.82) is 0 Å². The number of hydrogen-bond acceptors (Lipinski definition) is 3. The Balaban J connectivity index is 1.93. The molecule has 3 nitrogen and oxygen atoms in total. The van der Waals surface area contributed by atoms with Crippen molar-refractivity contribution in [2.45, 2.75) is 19.5 Å². The zero-order valence-electron chi connectivity index (χ0n) is 9.27. The van der Waals surface area contributed by atoms with Gasteiger partial charge in [-0.05, 0) is 41.1 Å². The maximum absolute atomic E-state index is 4.17. The minimum absolute atomic E-state index is 0.313. The van der Waals surface area contributed by atoms with Crippen LogP contribution in [0.15, 0.2) is 28.2 Å². The van der Waals surface area contributed by atoms with Crippen molar-refractivity contribution >= 4 is 27.3 Å². The van der Waals surface area contributed by atoms with E-state index in [4.69, 9.17) is 0 Å². The molecule has 0 aromatic carbocycles. The number of rotatable bonds is 4. The molecule has 2 aromatic rings. The summed E-state index contributed by atoms with van der Waals surface area (Å²) < 4.78 is 3.08. The molecule has 5 heteroatoms. The van der Waals surface area contributed by atoms with E-state index in [0.717, 1.165) is 6.54 Å². The van der Waals surface area contributed by atoms with Gasteiger partial charge in [0, 0.05) is 30.7 Å². The lowest BCUT2D eigenvalue weighted by atomic mass is 10.2. The molecule has 86 valence electrons. The van der Waals surface area contributed by atoms with Gasteiger partial charge in [-0.25, -0.2) is 0 Å². The summed E-state index contributed by atoms with van der Waals surface area (Å²) in [6.45, 7) is 3.04. The topological polar surface area (TPSA) is 29.9 Å². The maximum atomic E-state index is 4.17. The van der Waals surface area contributed by atoms with E-state index in [1.807, 2.05) is 24.0 Å². The molecule has 0 spiro atoms.